The molecule has 2 aromatic heterocycles. The topological polar surface area (TPSA) is 49.6 Å². The third-order valence-electron chi connectivity index (χ3n) is 6.36. The van der Waals surface area contributed by atoms with E-state index in [1.165, 1.54) is 38.5 Å². The van der Waals surface area contributed by atoms with Crippen LogP contribution in [0, 0.1) is 12.8 Å². The van der Waals surface area contributed by atoms with E-state index >= 15 is 0 Å². The molecule has 1 aliphatic carbocycles. The number of anilines is 1. The Balaban J connectivity index is 1.39. The lowest BCUT2D eigenvalue weighted by atomic mass is 9.87. The Morgan fingerprint density at radius 1 is 1.17 bits per heavy atom. The molecule has 0 unspecified atom stereocenters. The molecular weight excluding hydrogens is 362 g/mol. The van der Waals surface area contributed by atoms with E-state index in [1.807, 2.05) is 30.2 Å². The van der Waals surface area contributed by atoms with Crippen LogP contribution >= 0.6 is 0 Å². The summed E-state index contributed by atoms with van der Waals surface area (Å²) in [5.41, 5.74) is 1.09. The van der Waals surface area contributed by atoms with Crippen molar-refractivity contribution in [2.45, 2.75) is 64.3 Å². The number of aromatic nitrogens is 1. The van der Waals surface area contributed by atoms with Crippen LogP contribution in [0.3, 0.4) is 0 Å². The summed E-state index contributed by atoms with van der Waals surface area (Å²) in [4.78, 5) is 22.1. The molecule has 1 aliphatic heterocycles. The predicted molar refractivity (Wildman–Crippen MR) is 115 cm³/mol. The third kappa shape index (κ3) is 5.08. The maximum atomic E-state index is 13.2. The maximum Gasteiger partial charge on any atom is 0.295 e. The van der Waals surface area contributed by atoms with E-state index in [0.717, 1.165) is 38.0 Å². The van der Waals surface area contributed by atoms with Crippen LogP contribution in [0.15, 0.2) is 41.1 Å². The van der Waals surface area contributed by atoms with Crippen LogP contribution in [0.25, 0.3) is 0 Å². The third-order valence-corrected chi connectivity index (χ3v) is 6.36. The van der Waals surface area contributed by atoms with Crippen LogP contribution in [0.2, 0.25) is 0 Å². The van der Waals surface area contributed by atoms with Crippen molar-refractivity contribution in [1.82, 2.24) is 9.88 Å². The molecule has 0 N–H and O–H groups in total. The number of nitrogens with zero attached hydrogens (tertiary/aromatic N) is 3. The Kier molecular flexibility index (Phi) is 6.65. The minimum absolute atomic E-state index is 0.0948. The van der Waals surface area contributed by atoms with Crippen molar-refractivity contribution < 1.29 is 9.21 Å². The molecule has 1 saturated heterocycles. The summed E-state index contributed by atoms with van der Waals surface area (Å²) in [6.07, 6.45) is 13.4. The Morgan fingerprint density at radius 3 is 2.62 bits per heavy atom. The van der Waals surface area contributed by atoms with Crippen molar-refractivity contribution in [1.29, 1.82) is 0 Å². The molecule has 0 atom stereocenters. The molecule has 0 bridgehead atoms. The Hall–Kier alpha value is -2.14. The van der Waals surface area contributed by atoms with E-state index in [9.17, 15) is 4.79 Å². The van der Waals surface area contributed by atoms with Gasteiger partial charge in [0.15, 0.2) is 5.76 Å². The molecule has 2 aliphatic rings. The highest BCUT2D eigenvalue weighted by molar-refractivity contribution is 6.04. The van der Waals surface area contributed by atoms with Crippen molar-refractivity contribution in [2.75, 3.05) is 24.5 Å². The second-order valence-electron chi connectivity index (χ2n) is 8.48. The second kappa shape index (κ2) is 9.57. The average Bonchev–Trinajstić information content (AvgIpc) is 3.30. The molecule has 2 fully saturated rings. The van der Waals surface area contributed by atoms with Gasteiger partial charge in [0.05, 0.1) is 6.26 Å². The zero-order chi connectivity index (χ0) is 20.1. The molecule has 0 spiro atoms. The summed E-state index contributed by atoms with van der Waals surface area (Å²) in [6, 6.07) is 7.62. The lowest BCUT2D eigenvalue weighted by Crippen LogP contribution is -2.48. The number of hydrogen-bond acceptors (Lipinski definition) is 4. The van der Waals surface area contributed by atoms with Crippen molar-refractivity contribution in [3.63, 3.8) is 0 Å². The second-order valence-corrected chi connectivity index (χ2v) is 8.48. The molecule has 0 aromatic carbocycles. The number of pyridine rings is 1. The van der Waals surface area contributed by atoms with Gasteiger partial charge in [-0.25, -0.2) is 4.98 Å². The number of rotatable bonds is 6. The first kappa shape index (κ1) is 20.1. The highest BCUT2D eigenvalue weighted by Gasteiger charge is 2.32. The predicted octanol–water partition coefficient (Wildman–Crippen LogP) is 5.02. The normalized spacial score (nSPS) is 19.3. The number of carbonyl (C=O) groups excluding carboxylic acids is 1. The van der Waals surface area contributed by atoms with Gasteiger partial charge in [0.2, 0.25) is 0 Å². The number of piperidine rings is 1. The lowest BCUT2D eigenvalue weighted by Gasteiger charge is -2.38. The number of hydrogen-bond donors (Lipinski definition) is 0. The van der Waals surface area contributed by atoms with Gasteiger partial charge in [0, 0.05) is 25.3 Å². The van der Waals surface area contributed by atoms with Crippen molar-refractivity contribution >= 4 is 11.7 Å². The molecule has 2 aromatic rings. The molecule has 29 heavy (non-hydrogen) atoms. The van der Waals surface area contributed by atoms with Gasteiger partial charge in [-0.1, -0.05) is 25.3 Å². The number of carbonyl (C=O) groups is 1. The molecule has 1 saturated carbocycles. The van der Waals surface area contributed by atoms with Crippen LogP contribution in [-0.4, -0.2) is 41.5 Å². The highest BCUT2D eigenvalue weighted by Crippen LogP contribution is 2.29. The van der Waals surface area contributed by atoms with Gasteiger partial charge in [-0.05, 0) is 75.3 Å². The Bertz CT molecular complexity index is 758. The number of likely N-dealkylation sites (tertiary alicyclic amines) is 1. The van der Waals surface area contributed by atoms with E-state index < -0.39 is 0 Å². The first-order valence-electron chi connectivity index (χ1n) is 11.1. The van der Waals surface area contributed by atoms with E-state index in [1.54, 1.807) is 24.3 Å². The van der Waals surface area contributed by atoms with Gasteiger partial charge in [-0.2, -0.15) is 0 Å². The molecule has 1 radical (unpaired) electrons. The van der Waals surface area contributed by atoms with Crippen molar-refractivity contribution in [3.05, 3.63) is 54.0 Å². The molecule has 3 heterocycles. The van der Waals surface area contributed by atoms with E-state index in [0.29, 0.717) is 11.6 Å². The van der Waals surface area contributed by atoms with Gasteiger partial charge in [-0.15, -0.1) is 0 Å². The van der Waals surface area contributed by atoms with Crippen LogP contribution in [0.4, 0.5) is 5.82 Å². The van der Waals surface area contributed by atoms with Crippen molar-refractivity contribution in [2.24, 2.45) is 0 Å². The first-order chi connectivity index (χ1) is 14.2. The van der Waals surface area contributed by atoms with E-state index in [4.69, 9.17) is 4.42 Å². The van der Waals surface area contributed by atoms with Gasteiger partial charge < -0.3 is 9.32 Å². The largest absolute Gasteiger partial charge is 0.459 e. The quantitative estimate of drug-likeness (QED) is 0.690. The minimum atomic E-state index is -0.0948. The summed E-state index contributed by atoms with van der Waals surface area (Å²) in [5.74, 6) is 2.76. The molecule has 1 amide bonds. The average molecular weight is 395 g/mol. The fourth-order valence-electron chi connectivity index (χ4n) is 4.60. The standard InChI is InChI=1S/C24H32N3O2/c1-19-9-10-23(25-18-19)27(24(28)22-8-5-17-29-22)21-12-15-26(16-13-21)14-11-20-6-3-2-4-7-20/h5,8-10,17-18,21H,2-4,6-7,11-16H2,1H3. The van der Waals surface area contributed by atoms with Gasteiger partial charge in [-0.3, -0.25) is 9.69 Å². The first-order valence-corrected chi connectivity index (χ1v) is 11.1. The fourth-order valence-corrected chi connectivity index (χ4v) is 4.60. The number of furan rings is 1. The molecular formula is C24H32N3O2. The van der Waals surface area contributed by atoms with Crippen LogP contribution in [0.1, 0.15) is 67.5 Å². The summed E-state index contributed by atoms with van der Waals surface area (Å²) in [5, 5.41) is 0. The molecule has 155 valence electrons. The smallest absolute Gasteiger partial charge is 0.295 e. The maximum absolute atomic E-state index is 13.2. The summed E-state index contributed by atoms with van der Waals surface area (Å²) < 4.78 is 5.41. The van der Waals surface area contributed by atoms with Gasteiger partial charge in [0.25, 0.3) is 5.91 Å². The van der Waals surface area contributed by atoms with Crippen molar-refractivity contribution in [3.8, 4) is 0 Å². The molecule has 5 nitrogen and oxygen atoms in total. The lowest BCUT2D eigenvalue weighted by molar-refractivity contribution is 0.0932. The van der Waals surface area contributed by atoms with Crippen LogP contribution in [-0.2, 0) is 0 Å². The van der Waals surface area contributed by atoms with Crippen LogP contribution < -0.4 is 4.90 Å². The van der Waals surface area contributed by atoms with E-state index in [-0.39, 0.29) is 11.9 Å². The number of aryl methyl sites for hydroxylation is 1. The summed E-state index contributed by atoms with van der Waals surface area (Å²) >= 11 is 0. The van der Waals surface area contributed by atoms with Crippen LogP contribution in [0.5, 0.6) is 0 Å². The van der Waals surface area contributed by atoms with Gasteiger partial charge in [0.1, 0.15) is 5.82 Å². The summed E-state index contributed by atoms with van der Waals surface area (Å²) in [7, 11) is 0. The monoisotopic (exact) mass is 394 g/mol. The highest BCUT2D eigenvalue weighted by atomic mass is 16.3. The van der Waals surface area contributed by atoms with E-state index in [2.05, 4.69) is 9.88 Å². The Morgan fingerprint density at radius 2 is 1.97 bits per heavy atom. The summed E-state index contributed by atoms with van der Waals surface area (Å²) in [6.45, 7) is 5.24. The SMILES string of the molecule is Cc1ccc(N(C(=O)c2ccco2)C2CCN(CC[C]3CCCCC3)CC2)nc1. The number of amides is 1. The fraction of sp³-hybridized carbons (Fsp3) is 0.542. The zero-order valence-corrected chi connectivity index (χ0v) is 17.5. The molecule has 5 heteroatoms. The molecule has 4 rings (SSSR count). The zero-order valence-electron chi connectivity index (χ0n) is 17.5. The Labute approximate surface area is 174 Å². The minimum Gasteiger partial charge on any atom is -0.459 e. The van der Waals surface area contributed by atoms with Gasteiger partial charge >= 0.3 is 0 Å².